The highest BCUT2D eigenvalue weighted by molar-refractivity contribution is 9.10. The summed E-state index contributed by atoms with van der Waals surface area (Å²) < 4.78 is 24.8. The van der Waals surface area contributed by atoms with Crippen molar-refractivity contribution in [3.05, 3.63) is 58.3 Å². The van der Waals surface area contributed by atoms with Gasteiger partial charge in [-0.25, -0.2) is 4.39 Å². The van der Waals surface area contributed by atoms with Crippen LogP contribution in [0, 0.1) is 5.82 Å². The molecule has 2 aromatic carbocycles. The Hall–Kier alpha value is -1.55. The predicted molar refractivity (Wildman–Crippen MR) is 71.4 cm³/mol. The molecule has 0 fully saturated rings. The van der Waals surface area contributed by atoms with E-state index in [-0.39, 0.29) is 12.4 Å². The third kappa shape index (κ3) is 3.23. The number of rotatable bonds is 4. The van der Waals surface area contributed by atoms with E-state index in [1.54, 1.807) is 43.5 Å². The average Bonchev–Trinajstić information content (AvgIpc) is 2.38. The van der Waals surface area contributed by atoms with E-state index < -0.39 is 0 Å². The third-order valence-corrected chi connectivity index (χ3v) is 2.96. The van der Waals surface area contributed by atoms with Crippen LogP contribution in [-0.4, -0.2) is 7.11 Å². The van der Waals surface area contributed by atoms with Gasteiger partial charge in [0.1, 0.15) is 23.9 Å². The molecule has 0 spiro atoms. The standard InChI is InChI=1S/C14H12BrFO2/c1-17-12-4-6-13(7-5-12)18-9-10-2-3-11(15)8-14(10)16/h2-8H,9H2,1H3. The second kappa shape index (κ2) is 5.87. The molecule has 0 heterocycles. The van der Waals surface area contributed by atoms with Gasteiger partial charge >= 0.3 is 0 Å². The lowest BCUT2D eigenvalue weighted by Gasteiger charge is -2.08. The molecule has 0 aromatic heterocycles. The molecular formula is C14H12BrFO2. The minimum Gasteiger partial charge on any atom is -0.497 e. The first-order valence-electron chi connectivity index (χ1n) is 5.40. The quantitative estimate of drug-likeness (QED) is 0.843. The summed E-state index contributed by atoms with van der Waals surface area (Å²) >= 11 is 3.21. The normalized spacial score (nSPS) is 10.2. The number of hydrogen-bond acceptors (Lipinski definition) is 2. The lowest BCUT2D eigenvalue weighted by atomic mass is 10.2. The number of benzene rings is 2. The molecule has 0 amide bonds. The Bertz CT molecular complexity index is 526. The van der Waals surface area contributed by atoms with Crippen molar-refractivity contribution in [1.82, 2.24) is 0 Å². The van der Waals surface area contributed by atoms with Crippen LogP contribution in [0.15, 0.2) is 46.9 Å². The van der Waals surface area contributed by atoms with E-state index >= 15 is 0 Å². The molecule has 18 heavy (non-hydrogen) atoms. The van der Waals surface area contributed by atoms with E-state index in [0.29, 0.717) is 15.8 Å². The molecule has 0 unspecified atom stereocenters. The molecule has 2 rings (SSSR count). The van der Waals surface area contributed by atoms with Gasteiger partial charge in [0, 0.05) is 10.0 Å². The lowest BCUT2D eigenvalue weighted by Crippen LogP contribution is -1.98. The molecule has 0 N–H and O–H groups in total. The molecule has 0 saturated heterocycles. The molecule has 0 radical (unpaired) electrons. The zero-order valence-electron chi connectivity index (χ0n) is 9.82. The van der Waals surface area contributed by atoms with Gasteiger partial charge < -0.3 is 9.47 Å². The smallest absolute Gasteiger partial charge is 0.130 e. The summed E-state index contributed by atoms with van der Waals surface area (Å²) in [6.07, 6.45) is 0. The molecule has 0 aliphatic heterocycles. The predicted octanol–water partition coefficient (Wildman–Crippen LogP) is 4.18. The first-order valence-corrected chi connectivity index (χ1v) is 6.19. The molecule has 4 heteroatoms. The topological polar surface area (TPSA) is 18.5 Å². The monoisotopic (exact) mass is 310 g/mol. The van der Waals surface area contributed by atoms with Crippen LogP contribution in [0.2, 0.25) is 0 Å². The highest BCUT2D eigenvalue weighted by Gasteiger charge is 2.03. The Morgan fingerprint density at radius 3 is 2.33 bits per heavy atom. The second-order valence-corrected chi connectivity index (χ2v) is 4.62. The Morgan fingerprint density at radius 1 is 1.06 bits per heavy atom. The molecule has 0 aliphatic carbocycles. The molecule has 94 valence electrons. The van der Waals surface area contributed by atoms with Gasteiger partial charge in [0.25, 0.3) is 0 Å². The Morgan fingerprint density at radius 2 is 1.72 bits per heavy atom. The summed E-state index contributed by atoms with van der Waals surface area (Å²) in [5, 5.41) is 0. The van der Waals surface area contributed by atoms with Crippen molar-refractivity contribution in [2.45, 2.75) is 6.61 Å². The highest BCUT2D eigenvalue weighted by Crippen LogP contribution is 2.20. The molecule has 2 aromatic rings. The maximum atomic E-state index is 13.5. The van der Waals surface area contributed by atoms with E-state index in [0.717, 1.165) is 5.75 Å². The lowest BCUT2D eigenvalue weighted by molar-refractivity contribution is 0.299. The van der Waals surface area contributed by atoms with Gasteiger partial charge in [-0.05, 0) is 36.4 Å². The van der Waals surface area contributed by atoms with Crippen LogP contribution in [0.1, 0.15) is 5.56 Å². The number of ether oxygens (including phenoxy) is 2. The minimum absolute atomic E-state index is 0.200. The van der Waals surface area contributed by atoms with E-state index in [2.05, 4.69) is 15.9 Å². The summed E-state index contributed by atoms with van der Waals surface area (Å²) in [5.41, 5.74) is 0.522. The minimum atomic E-state index is -0.280. The zero-order valence-corrected chi connectivity index (χ0v) is 11.4. The van der Waals surface area contributed by atoms with Crippen molar-refractivity contribution in [3.63, 3.8) is 0 Å². The number of halogens is 2. The van der Waals surface area contributed by atoms with Gasteiger partial charge in [0.05, 0.1) is 7.11 Å². The van der Waals surface area contributed by atoms with Crippen LogP contribution in [0.4, 0.5) is 4.39 Å². The maximum Gasteiger partial charge on any atom is 0.130 e. The van der Waals surface area contributed by atoms with Gasteiger partial charge in [-0.2, -0.15) is 0 Å². The van der Waals surface area contributed by atoms with E-state index in [4.69, 9.17) is 9.47 Å². The van der Waals surface area contributed by atoms with Crippen molar-refractivity contribution >= 4 is 15.9 Å². The summed E-state index contributed by atoms with van der Waals surface area (Å²) in [6, 6.07) is 12.1. The fourth-order valence-electron chi connectivity index (χ4n) is 1.47. The summed E-state index contributed by atoms with van der Waals surface area (Å²) in [5.74, 6) is 1.16. The second-order valence-electron chi connectivity index (χ2n) is 3.70. The Balaban J connectivity index is 2.02. The van der Waals surface area contributed by atoms with Crippen LogP contribution in [0.5, 0.6) is 11.5 Å². The van der Waals surface area contributed by atoms with Crippen molar-refractivity contribution in [2.75, 3.05) is 7.11 Å². The fourth-order valence-corrected chi connectivity index (χ4v) is 1.80. The summed E-state index contributed by atoms with van der Waals surface area (Å²) in [4.78, 5) is 0. The third-order valence-electron chi connectivity index (χ3n) is 2.47. The van der Waals surface area contributed by atoms with Gasteiger partial charge in [-0.15, -0.1) is 0 Å². The molecule has 0 bridgehead atoms. The molecule has 0 atom stereocenters. The van der Waals surface area contributed by atoms with Gasteiger partial charge in [-0.3, -0.25) is 0 Å². The van der Waals surface area contributed by atoms with Crippen LogP contribution in [0.25, 0.3) is 0 Å². The Labute approximate surface area is 113 Å². The summed E-state index contributed by atoms with van der Waals surface area (Å²) in [6.45, 7) is 0.200. The molecular weight excluding hydrogens is 299 g/mol. The summed E-state index contributed by atoms with van der Waals surface area (Å²) in [7, 11) is 1.60. The van der Waals surface area contributed by atoms with Gasteiger partial charge in [0.2, 0.25) is 0 Å². The van der Waals surface area contributed by atoms with Crippen molar-refractivity contribution in [3.8, 4) is 11.5 Å². The van der Waals surface area contributed by atoms with Crippen LogP contribution < -0.4 is 9.47 Å². The van der Waals surface area contributed by atoms with Crippen LogP contribution in [0.3, 0.4) is 0 Å². The molecule has 0 saturated carbocycles. The fraction of sp³-hybridized carbons (Fsp3) is 0.143. The number of methoxy groups -OCH3 is 1. The van der Waals surface area contributed by atoms with E-state index in [1.807, 2.05) is 0 Å². The Kier molecular flexibility index (Phi) is 4.20. The van der Waals surface area contributed by atoms with Crippen LogP contribution >= 0.6 is 15.9 Å². The first-order chi connectivity index (χ1) is 8.69. The van der Waals surface area contributed by atoms with E-state index in [9.17, 15) is 4.39 Å². The van der Waals surface area contributed by atoms with Gasteiger partial charge in [-0.1, -0.05) is 22.0 Å². The van der Waals surface area contributed by atoms with Gasteiger partial charge in [0.15, 0.2) is 0 Å². The van der Waals surface area contributed by atoms with E-state index in [1.165, 1.54) is 6.07 Å². The maximum absolute atomic E-state index is 13.5. The van der Waals surface area contributed by atoms with Crippen molar-refractivity contribution in [2.24, 2.45) is 0 Å². The SMILES string of the molecule is COc1ccc(OCc2ccc(Br)cc2F)cc1. The zero-order chi connectivity index (χ0) is 13.0. The molecule has 0 aliphatic rings. The average molecular weight is 311 g/mol. The molecule has 2 nitrogen and oxygen atoms in total. The van der Waals surface area contributed by atoms with Crippen LogP contribution in [-0.2, 0) is 6.61 Å². The van der Waals surface area contributed by atoms with Crippen molar-refractivity contribution < 1.29 is 13.9 Å². The number of hydrogen-bond donors (Lipinski definition) is 0. The van der Waals surface area contributed by atoms with Crippen molar-refractivity contribution in [1.29, 1.82) is 0 Å². The largest absolute Gasteiger partial charge is 0.497 e. The first kappa shape index (κ1) is 12.9. The highest BCUT2D eigenvalue weighted by atomic mass is 79.9.